The molecule has 8 heteroatoms. The zero-order chi connectivity index (χ0) is 26.4. The molecule has 3 aromatic carbocycles. The third-order valence-electron chi connectivity index (χ3n) is 6.33. The number of hydrazone groups is 1. The van der Waals surface area contributed by atoms with E-state index in [2.05, 4.69) is 0 Å². The maximum Gasteiger partial charge on any atom is 0.262 e. The average Bonchev–Trinajstić information content (AvgIpc) is 3.37. The van der Waals surface area contributed by atoms with Gasteiger partial charge in [-0.05, 0) is 54.4 Å². The van der Waals surface area contributed by atoms with E-state index in [1.807, 2.05) is 55.5 Å². The molecule has 1 aliphatic rings. The Balaban J connectivity index is 1.63. The summed E-state index contributed by atoms with van der Waals surface area (Å²) in [5.74, 6) is -0.851. The third-order valence-corrected chi connectivity index (χ3v) is 6.33. The van der Waals surface area contributed by atoms with E-state index in [4.69, 9.17) is 14.6 Å². The molecule has 2 amide bonds. The first-order valence-electron chi connectivity index (χ1n) is 12.0. The summed E-state index contributed by atoms with van der Waals surface area (Å²) in [5.41, 5.74) is 3.59. The highest BCUT2D eigenvalue weighted by molar-refractivity contribution is 6.04. The number of methoxy groups -OCH3 is 2. The van der Waals surface area contributed by atoms with Crippen LogP contribution in [0.2, 0.25) is 0 Å². The van der Waals surface area contributed by atoms with E-state index in [9.17, 15) is 14.0 Å². The molecule has 0 radical (unpaired) electrons. The van der Waals surface area contributed by atoms with Crippen LogP contribution in [-0.4, -0.2) is 61.4 Å². The summed E-state index contributed by atoms with van der Waals surface area (Å²) in [6.45, 7) is 2.07. The number of hydrogen-bond donors (Lipinski definition) is 0. The van der Waals surface area contributed by atoms with Crippen LogP contribution in [0, 0.1) is 12.7 Å². The monoisotopic (exact) mass is 503 g/mol. The fourth-order valence-electron chi connectivity index (χ4n) is 4.24. The molecule has 1 aliphatic heterocycles. The number of rotatable bonds is 9. The number of halogens is 1. The molecule has 37 heavy (non-hydrogen) atoms. The van der Waals surface area contributed by atoms with Gasteiger partial charge in [-0.2, -0.15) is 5.10 Å². The Morgan fingerprint density at radius 1 is 1.03 bits per heavy atom. The molecule has 7 nitrogen and oxygen atoms in total. The van der Waals surface area contributed by atoms with Crippen LogP contribution in [0.5, 0.6) is 5.75 Å². The molecule has 0 aliphatic carbocycles. The molecule has 4 rings (SSSR count). The standard InChI is InChI=1S/C29H30FN3O4/c1-20-8-10-22(11-9-20)27-18-26(21-12-14-23(37-3)15-13-21)31-33(27)28(34)19-32(16-17-36-2)29(35)24-6-4-5-7-25(24)30/h4-15,27H,16-19H2,1-3H3. The number of carbonyl (C=O) groups excluding carboxylic acids is 2. The largest absolute Gasteiger partial charge is 0.497 e. The van der Waals surface area contributed by atoms with Gasteiger partial charge in [0, 0.05) is 20.1 Å². The van der Waals surface area contributed by atoms with Gasteiger partial charge in [0.05, 0.1) is 31.0 Å². The van der Waals surface area contributed by atoms with Crippen LogP contribution >= 0.6 is 0 Å². The Morgan fingerprint density at radius 3 is 2.38 bits per heavy atom. The zero-order valence-corrected chi connectivity index (χ0v) is 21.2. The molecule has 0 saturated carbocycles. The van der Waals surface area contributed by atoms with Crippen LogP contribution in [0.25, 0.3) is 0 Å². The van der Waals surface area contributed by atoms with E-state index in [0.717, 1.165) is 28.2 Å². The van der Waals surface area contributed by atoms with Gasteiger partial charge in [0.25, 0.3) is 11.8 Å². The van der Waals surface area contributed by atoms with Crippen molar-refractivity contribution in [3.63, 3.8) is 0 Å². The summed E-state index contributed by atoms with van der Waals surface area (Å²) in [7, 11) is 3.11. The first kappa shape index (κ1) is 26.0. The van der Waals surface area contributed by atoms with Crippen molar-refractivity contribution >= 4 is 17.5 Å². The van der Waals surface area contributed by atoms with E-state index < -0.39 is 11.7 Å². The Bertz CT molecular complexity index is 1280. The first-order chi connectivity index (χ1) is 17.9. The molecule has 0 fully saturated rings. The Kier molecular flexibility index (Phi) is 8.30. The lowest BCUT2D eigenvalue weighted by Gasteiger charge is -2.27. The maximum absolute atomic E-state index is 14.4. The van der Waals surface area contributed by atoms with Crippen LogP contribution < -0.4 is 4.74 Å². The average molecular weight is 504 g/mol. The number of ether oxygens (including phenoxy) is 2. The molecule has 192 valence electrons. The second kappa shape index (κ2) is 11.8. The molecule has 0 saturated heterocycles. The van der Waals surface area contributed by atoms with Crippen LogP contribution in [0.3, 0.4) is 0 Å². The summed E-state index contributed by atoms with van der Waals surface area (Å²) in [6.07, 6.45) is 0.514. The quantitative estimate of drug-likeness (QED) is 0.428. The van der Waals surface area contributed by atoms with Gasteiger partial charge in [-0.25, -0.2) is 9.40 Å². The number of nitrogens with zero attached hydrogens (tertiary/aromatic N) is 3. The number of aryl methyl sites for hydroxylation is 1. The molecular formula is C29H30FN3O4. The molecule has 0 bridgehead atoms. The van der Waals surface area contributed by atoms with Gasteiger partial charge in [0.2, 0.25) is 0 Å². The molecule has 0 N–H and O–H groups in total. The van der Waals surface area contributed by atoms with Crippen LogP contribution in [0.1, 0.15) is 39.5 Å². The number of hydrogen-bond acceptors (Lipinski definition) is 5. The van der Waals surface area contributed by atoms with E-state index in [0.29, 0.717) is 6.42 Å². The summed E-state index contributed by atoms with van der Waals surface area (Å²) in [5, 5.41) is 6.14. The minimum atomic E-state index is -0.638. The number of carbonyl (C=O) groups is 2. The lowest BCUT2D eigenvalue weighted by atomic mass is 9.97. The van der Waals surface area contributed by atoms with Gasteiger partial charge in [-0.15, -0.1) is 0 Å². The normalized spacial score (nSPS) is 14.9. The summed E-state index contributed by atoms with van der Waals surface area (Å²) < 4.78 is 24.8. The predicted octanol–water partition coefficient (Wildman–Crippen LogP) is 4.61. The molecule has 1 heterocycles. The van der Waals surface area contributed by atoms with Gasteiger partial charge >= 0.3 is 0 Å². The lowest BCUT2D eigenvalue weighted by molar-refractivity contribution is -0.133. The minimum Gasteiger partial charge on any atom is -0.497 e. The van der Waals surface area contributed by atoms with Crippen molar-refractivity contribution in [2.24, 2.45) is 5.10 Å². The zero-order valence-electron chi connectivity index (χ0n) is 21.2. The lowest BCUT2D eigenvalue weighted by Crippen LogP contribution is -2.43. The Hall–Kier alpha value is -4.04. The molecule has 3 aromatic rings. The van der Waals surface area contributed by atoms with Crippen molar-refractivity contribution in [2.45, 2.75) is 19.4 Å². The second-order valence-electron chi connectivity index (χ2n) is 8.84. The van der Waals surface area contributed by atoms with Gasteiger partial charge in [-0.3, -0.25) is 9.59 Å². The van der Waals surface area contributed by atoms with Crippen molar-refractivity contribution in [1.82, 2.24) is 9.91 Å². The van der Waals surface area contributed by atoms with Crippen molar-refractivity contribution in [1.29, 1.82) is 0 Å². The fourth-order valence-corrected chi connectivity index (χ4v) is 4.24. The Morgan fingerprint density at radius 2 is 1.73 bits per heavy atom. The minimum absolute atomic E-state index is 0.0923. The summed E-state index contributed by atoms with van der Waals surface area (Å²) >= 11 is 0. The van der Waals surface area contributed by atoms with E-state index in [1.54, 1.807) is 13.2 Å². The topological polar surface area (TPSA) is 71.4 Å². The van der Waals surface area contributed by atoms with Gasteiger partial charge in [-0.1, -0.05) is 42.0 Å². The maximum atomic E-state index is 14.4. The fraction of sp³-hybridized carbons (Fsp3) is 0.276. The molecule has 0 aromatic heterocycles. The van der Waals surface area contributed by atoms with E-state index >= 15 is 0 Å². The highest BCUT2D eigenvalue weighted by Crippen LogP contribution is 2.33. The van der Waals surface area contributed by atoms with Gasteiger partial charge in [0.15, 0.2) is 0 Å². The van der Waals surface area contributed by atoms with Gasteiger partial charge in [0.1, 0.15) is 18.1 Å². The van der Waals surface area contributed by atoms with E-state index in [1.165, 1.54) is 35.2 Å². The highest BCUT2D eigenvalue weighted by atomic mass is 19.1. The Labute approximate surface area is 216 Å². The molecule has 0 spiro atoms. The van der Waals surface area contributed by atoms with Crippen molar-refractivity contribution < 1.29 is 23.5 Å². The SMILES string of the molecule is COCCN(CC(=O)N1N=C(c2ccc(OC)cc2)CC1c1ccc(C)cc1)C(=O)c1ccccc1F. The van der Waals surface area contributed by atoms with Crippen LogP contribution in [0.15, 0.2) is 77.9 Å². The van der Waals surface area contributed by atoms with Crippen LogP contribution in [0.4, 0.5) is 4.39 Å². The number of amides is 2. The molecule has 1 atom stereocenters. The third kappa shape index (κ3) is 6.03. The molecule has 1 unspecified atom stereocenters. The summed E-state index contributed by atoms with van der Waals surface area (Å²) in [6, 6.07) is 20.9. The predicted molar refractivity (Wildman–Crippen MR) is 139 cm³/mol. The van der Waals surface area contributed by atoms with Gasteiger partial charge < -0.3 is 14.4 Å². The van der Waals surface area contributed by atoms with Crippen molar-refractivity contribution in [3.8, 4) is 5.75 Å². The van der Waals surface area contributed by atoms with E-state index in [-0.39, 0.29) is 37.2 Å². The molecular weight excluding hydrogens is 473 g/mol. The number of benzene rings is 3. The second-order valence-corrected chi connectivity index (χ2v) is 8.84. The van der Waals surface area contributed by atoms with Crippen LogP contribution in [-0.2, 0) is 9.53 Å². The van der Waals surface area contributed by atoms with Crippen molar-refractivity contribution in [2.75, 3.05) is 33.9 Å². The summed E-state index contributed by atoms with van der Waals surface area (Å²) in [4.78, 5) is 28.1. The van der Waals surface area contributed by atoms with Crippen molar-refractivity contribution in [3.05, 3.63) is 101 Å². The smallest absolute Gasteiger partial charge is 0.262 e. The first-order valence-corrected chi connectivity index (χ1v) is 12.0. The highest BCUT2D eigenvalue weighted by Gasteiger charge is 2.34.